The van der Waals surface area contributed by atoms with Gasteiger partial charge in [0, 0.05) is 38.3 Å². The second-order valence-electron chi connectivity index (χ2n) is 5.73. The van der Waals surface area contributed by atoms with Crippen LogP contribution < -0.4 is 20.5 Å². The van der Waals surface area contributed by atoms with E-state index < -0.39 is 0 Å². The molecule has 7 nitrogen and oxygen atoms in total. The van der Waals surface area contributed by atoms with Gasteiger partial charge in [-0.25, -0.2) is 0 Å². The first-order chi connectivity index (χ1) is 11.2. The molecule has 0 spiro atoms. The molecular weight excluding hydrogens is 298 g/mol. The Labute approximate surface area is 135 Å². The summed E-state index contributed by atoms with van der Waals surface area (Å²) in [5.74, 6) is 1.81. The summed E-state index contributed by atoms with van der Waals surface area (Å²) in [6, 6.07) is 5.63. The van der Waals surface area contributed by atoms with E-state index in [-0.39, 0.29) is 5.60 Å². The first-order valence-corrected chi connectivity index (χ1v) is 7.80. The molecule has 1 unspecified atom stereocenters. The number of anilines is 1. The van der Waals surface area contributed by atoms with E-state index in [2.05, 4.69) is 10.3 Å². The number of ether oxygens (including phenoxy) is 4. The van der Waals surface area contributed by atoms with Crippen LogP contribution in [0, 0.1) is 0 Å². The molecule has 1 atom stereocenters. The van der Waals surface area contributed by atoms with Gasteiger partial charge in [-0.05, 0) is 12.1 Å². The number of benzene rings is 1. The summed E-state index contributed by atoms with van der Waals surface area (Å²) in [5, 5.41) is 3.07. The maximum atomic E-state index is 5.97. The summed E-state index contributed by atoms with van der Waals surface area (Å²) >= 11 is 0. The smallest absolute Gasteiger partial charge is 0.193 e. The number of aliphatic imine (C=N–C) groups is 1. The van der Waals surface area contributed by atoms with E-state index >= 15 is 0 Å². The summed E-state index contributed by atoms with van der Waals surface area (Å²) in [7, 11) is 1.68. The lowest BCUT2D eigenvalue weighted by atomic mass is 10.0. The molecule has 3 rings (SSSR count). The lowest BCUT2D eigenvalue weighted by molar-refractivity contribution is -0.00900. The van der Waals surface area contributed by atoms with Gasteiger partial charge in [-0.3, -0.25) is 4.99 Å². The van der Waals surface area contributed by atoms with Gasteiger partial charge in [0.05, 0.1) is 26.4 Å². The second-order valence-corrected chi connectivity index (χ2v) is 5.73. The monoisotopic (exact) mass is 321 g/mol. The van der Waals surface area contributed by atoms with Crippen molar-refractivity contribution in [1.82, 2.24) is 0 Å². The molecular formula is C16H23N3O4. The van der Waals surface area contributed by atoms with Crippen molar-refractivity contribution in [3.8, 4) is 11.5 Å². The SMILES string of the molecule is COC1(CN=C(N)Nc2ccc3c(c2)OCCCO3)CCOC1. The number of methoxy groups -OCH3 is 1. The number of rotatable bonds is 4. The number of guanidine groups is 1. The minimum absolute atomic E-state index is 0.336. The van der Waals surface area contributed by atoms with Crippen LogP contribution in [0.3, 0.4) is 0 Å². The van der Waals surface area contributed by atoms with Crippen LogP contribution in [0.5, 0.6) is 11.5 Å². The minimum Gasteiger partial charge on any atom is -0.490 e. The van der Waals surface area contributed by atoms with E-state index in [0.29, 0.717) is 38.9 Å². The molecule has 1 saturated heterocycles. The number of hydrogen-bond donors (Lipinski definition) is 2. The molecule has 2 heterocycles. The predicted molar refractivity (Wildman–Crippen MR) is 87.3 cm³/mol. The van der Waals surface area contributed by atoms with Crippen LogP contribution in [-0.2, 0) is 9.47 Å². The Morgan fingerprint density at radius 2 is 2.13 bits per heavy atom. The Kier molecular flexibility index (Phi) is 4.88. The van der Waals surface area contributed by atoms with Crippen LogP contribution in [0.1, 0.15) is 12.8 Å². The zero-order chi connectivity index (χ0) is 16.1. The maximum absolute atomic E-state index is 5.97. The average molecular weight is 321 g/mol. The molecule has 23 heavy (non-hydrogen) atoms. The van der Waals surface area contributed by atoms with Crippen molar-refractivity contribution < 1.29 is 18.9 Å². The van der Waals surface area contributed by atoms with Crippen molar-refractivity contribution >= 4 is 11.6 Å². The molecule has 0 amide bonds. The number of nitrogens with two attached hydrogens (primary N) is 1. The van der Waals surface area contributed by atoms with Crippen LogP contribution >= 0.6 is 0 Å². The topological polar surface area (TPSA) is 87.3 Å². The highest BCUT2D eigenvalue weighted by Gasteiger charge is 2.34. The lowest BCUT2D eigenvalue weighted by Crippen LogP contribution is -2.37. The molecule has 0 radical (unpaired) electrons. The van der Waals surface area contributed by atoms with Gasteiger partial charge < -0.3 is 30.0 Å². The van der Waals surface area contributed by atoms with Crippen LogP contribution in [0.4, 0.5) is 5.69 Å². The third-order valence-electron chi connectivity index (χ3n) is 4.06. The molecule has 3 N–H and O–H groups in total. The molecule has 126 valence electrons. The quantitative estimate of drug-likeness (QED) is 0.643. The Hall–Kier alpha value is -1.99. The predicted octanol–water partition coefficient (Wildman–Crippen LogP) is 1.38. The molecule has 0 aliphatic carbocycles. The molecule has 1 aromatic rings. The zero-order valence-electron chi connectivity index (χ0n) is 13.3. The molecule has 0 aromatic heterocycles. The molecule has 1 fully saturated rings. The van der Waals surface area contributed by atoms with E-state index in [0.717, 1.165) is 30.0 Å². The van der Waals surface area contributed by atoms with Crippen molar-refractivity contribution in [2.75, 3.05) is 45.4 Å². The summed E-state index contributed by atoms with van der Waals surface area (Å²) in [4.78, 5) is 4.38. The first kappa shape index (κ1) is 15.9. The Balaban J connectivity index is 1.64. The highest BCUT2D eigenvalue weighted by molar-refractivity contribution is 5.92. The van der Waals surface area contributed by atoms with Crippen LogP contribution in [-0.4, -0.2) is 51.6 Å². The van der Waals surface area contributed by atoms with E-state index in [1.807, 2.05) is 18.2 Å². The molecule has 0 bridgehead atoms. The highest BCUT2D eigenvalue weighted by atomic mass is 16.5. The fraction of sp³-hybridized carbons (Fsp3) is 0.562. The zero-order valence-corrected chi connectivity index (χ0v) is 13.3. The third-order valence-corrected chi connectivity index (χ3v) is 4.06. The van der Waals surface area contributed by atoms with Gasteiger partial charge in [0.15, 0.2) is 17.5 Å². The van der Waals surface area contributed by atoms with Crippen molar-refractivity contribution in [3.63, 3.8) is 0 Å². The summed E-state index contributed by atoms with van der Waals surface area (Å²) in [6.07, 6.45) is 1.70. The van der Waals surface area contributed by atoms with Crippen LogP contribution in [0.2, 0.25) is 0 Å². The molecule has 1 aromatic carbocycles. The highest BCUT2D eigenvalue weighted by Crippen LogP contribution is 2.32. The summed E-state index contributed by atoms with van der Waals surface area (Å²) in [5.41, 5.74) is 6.42. The van der Waals surface area contributed by atoms with Gasteiger partial charge in [-0.1, -0.05) is 0 Å². The van der Waals surface area contributed by atoms with Crippen LogP contribution in [0.15, 0.2) is 23.2 Å². The Bertz CT molecular complexity index is 570. The first-order valence-electron chi connectivity index (χ1n) is 7.80. The molecule has 0 saturated carbocycles. The van der Waals surface area contributed by atoms with E-state index in [1.54, 1.807) is 7.11 Å². The number of hydrogen-bond acceptors (Lipinski definition) is 5. The van der Waals surface area contributed by atoms with Gasteiger partial charge in [0.25, 0.3) is 0 Å². The van der Waals surface area contributed by atoms with Gasteiger partial charge in [-0.2, -0.15) is 0 Å². The number of nitrogens with one attached hydrogen (secondary N) is 1. The van der Waals surface area contributed by atoms with Gasteiger partial charge >= 0.3 is 0 Å². The van der Waals surface area contributed by atoms with E-state index in [1.165, 1.54) is 0 Å². The fourth-order valence-electron chi connectivity index (χ4n) is 2.60. The normalized spacial score (nSPS) is 24.3. The third kappa shape index (κ3) is 3.86. The largest absolute Gasteiger partial charge is 0.490 e. The Morgan fingerprint density at radius 1 is 1.30 bits per heavy atom. The van der Waals surface area contributed by atoms with Crippen molar-refractivity contribution in [1.29, 1.82) is 0 Å². The number of nitrogens with zero attached hydrogens (tertiary/aromatic N) is 1. The summed E-state index contributed by atoms with van der Waals surface area (Å²) in [6.45, 7) is 3.02. The lowest BCUT2D eigenvalue weighted by Gasteiger charge is -2.23. The molecule has 7 heteroatoms. The van der Waals surface area contributed by atoms with Gasteiger partial charge in [0.2, 0.25) is 0 Å². The average Bonchev–Trinajstić information content (AvgIpc) is 2.92. The van der Waals surface area contributed by atoms with Crippen molar-refractivity contribution in [3.05, 3.63) is 18.2 Å². The fourth-order valence-corrected chi connectivity index (χ4v) is 2.60. The van der Waals surface area contributed by atoms with Crippen molar-refractivity contribution in [2.24, 2.45) is 10.7 Å². The maximum Gasteiger partial charge on any atom is 0.193 e. The van der Waals surface area contributed by atoms with Gasteiger partial charge in [0.1, 0.15) is 5.60 Å². The Morgan fingerprint density at radius 3 is 2.87 bits per heavy atom. The minimum atomic E-state index is -0.364. The molecule has 2 aliphatic rings. The van der Waals surface area contributed by atoms with Crippen molar-refractivity contribution in [2.45, 2.75) is 18.4 Å². The second kappa shape index (κ2) is 7.06. The standard InChI is InChI=1S/C16H23N3O4/c1-20-16(5-8-21-11-16)10-18-15(17)19-12-3-4-13-14(9-12)23-7-2-6-22-13/h3-4,9H,2,5-8,10-11H2,1H3,(H3,17,18,19). The van der Waals surface area contributed by atoms with E-state index in [4.69, 9.17) is 24.7 Å². The van der Waals surface area contributed by atoms with E-state index in [9.17, 15) is 0 Å². The summed E-state index contributed by atoms with van der Waals surface area (Å²) < 4.78 is 22.2. The van der Waals surface area contributed by atoms with Gasteiger partial charge in [-0.15, -0.1) is 0 Å². The molecule has 2 aliphatic heterocycles. The number of fused-ring (bicyclic) bond motifs is 1. The van der Waals surface area contributed by atoms with Crippen LogP contribution in [0.25, 0.3) is 0 Å².